The fraction of sp³-hybridized carbons (Fsp3) is 0.500. The predicted octanol–water partition coefficient (Wildman–Crippen LogP) is 3.95. The van der Waals surface area contributed by atoms with Crippen molar-refractivity contribution in [2.24, 2.45) is 0 Å². The van der Waals surface area contributed by atoms with E-state index in [1.807, 2.05) is 6.07 Å². The van der Waals surface area contributed by atoms with Crippen LogP contribution in [0.2, 0.25) is 0 Å². The van der Waals surface area contributed by atoms with Gasteiger partial charge in [-0.2, -0.15) is 0 Å². The molecule has 0 saturated carbocycles. The standard InChI is InChI=1S/C12H16O/c1-4-12(3,5-2)10-8-9-6-7-11(10)13-9/h6-8H,4-5H2,1-3H3. The molecule has 0 N–H and O–H groups in total. The highest BCUT2D eigenvalue weighted by atomic mass is 16.3. The number of hydrogen-bond acceptors (Lipinski definition) is 1. The first kappa shape index (κ1) is 8.61. The molecule has 1 heteroatoms. The Morgan fingerprint density at radius 1 is 1.23 bits per heavy atom. The molecule has 0 fully saturated rings. The van der Waals surface area contributed by atoms with E-state index in [1.165, 1.54) is 18.4 Å². The highest BCUT2D eigenvalue weighted by Gasteiger charge is 2.26. The van der Waals surface area contributed by atoms with Gasteiger partial charge in [0.25, 0.3) is 0 Å². The summed E-state index contributed by atoms with van der Waals surface area (Å²) >= 11 is 0. The van der Waals surface area contributed by atoms with E-state index in [4.69, 9.17) is 4.42 Å². The lowest BCUT2D eigenvalue weighted by atomic mass is 9.78. The summed E-state index contributed by atoms with van der Waals surface area (Å²) in [6.07, 6.45) is 2.34. The first-order chi connectivity index (χ1) is 6.19. The molecule has 0 aliphatic carbocycles. The quantitative estimate of drug-likeness (QED) is 0.690. The molecule has 2 rings (SSSR count). The van der Waals surface area contributed by atoms with Gasteiger partial charge in [-0.05, 0) is 36.5 Å². The Morgan fingerprint density at radius 3 is 2.31 bits per heavy atom. The average molecular weight is 176 g/mol. The van der Waals surface area contributed by atoms with Gasteiger partial charge in [-0.3, -0.25) is 0 Å². The molecule has 0 saturated heterocycles. The summed E-state index contributed by atoms with van der Waals surface area (Å²) in [7, 11) is 0. The molecule has 13 heavy (non-hydrogen) atoms. The van der Waals surface area contributed by atoms with Gasteiger partial charge in [0, 0.05) is 5.56 Å². The summed E-state index contributed by atoms with van der Waals surface area (Å²) in [5.74, 6) is 0. The lowest BCUT2D eigenvalue weighted by Crippen LogP contribution is -2.18. The van der Waals surface area contributed by atoms with Crippen molar-refractivity contribution < 1.29 is 4.42 Å². The molecule has 0 radical (unpaired) electrons. The third kappa shape index (κ3) is 1.14. The van der Waals surface area contributed by atoms with Gasteiger partial charge in [-0.1, -0.05) is 20.8 Å². The largest absolute Gasteiger partial charge is 0.457 e. The minimum Gasteiger partial charge on any atom is -0.457 e. The highest BCUT2D eigenvalue weighted by molar-refractivity contribution is 5.67. The lowest BCUT2D eigenvalue weighted by molar-refractivity contribution is 0.440. The van der Waals surface area contributed by atoms with Crippen LogP contribution in [0.15, 0.2) is 22.6 Å². The van der Waals surface area contributed by atoms with Gasteiger partial charge in [0.2, 0.25) is 0 Å². The fourth-order valence-electron chi connectivity index (χ4n) is 1.89. The van der Waals surface area contributed by atoms with Crippen LogP contribution in [-0.4, -0.2) is 0 Å². The molecule has 2 aromatic rings. The first-order valence-electron chi connectivity index (χ1n) is 5.02. The molecule has 0 amide bonds. The van der Waals surface area contributed by atoms with Gasteiger partial charge in [-0.15, -0.1) is 0 Å². The van der Waals surface area contributed by atoms with Crippen LogP contribution in [-0.2, 0) is 5.41 Å². The lowest BCUT2D eigenvalue weighted by Gasteiger charge is -2.25. The van der Waals surface area contributed by atoms with E-state index in [0.29, 0.717) is 5.41 Å². The number of hydrogen-bond donors (Lipinski definition) is 0. The van der Waals surface area contributed by atoms with E-state index < -0.39 is 0 Å². The highest BCUT2D eigenvalue weighted by Crippen LogP contribution is 2.37. The SMILES string of the molecule is CCC(C)(CC)c1cc2ccc1o2. The first-order valence-corrected chi connectivity index (χ1v) is 5.02. The van der Waals surface area contributed by atoms with Crippen LogP contribution in [0.25, 0.3) is 11.2 Å². The Morgan fingerprint density at radius 2 is 1.92 bits per heavy atom. The Bertz CT molecular complexity index is 382. The molecule has 0 aromatic carbocycles. The van der Waals surface area contributed by atoms with Crippen LogP contribution < -0.4 is 0 Å². The molecule has 2 heterocycles. The van der Waals surface area contributed by atoms with Gasteiger partial charge in [-0.25, -0.2) is 0 Å². The predicted molar refractivity (Wildman–Crippen MR) is 55.3 cm³/mol. The topological polar surface area (TPSA) is 13.1 Å². The number of rotatable bonds is 3. The van der Waals surface area contributed by atoms with Crippen LogP contribution >= 0.6 is 0 Å². The molecule has 0 aliphatic heterocycles. The van der Waals surface area contributed by atoms with Gasteiger partial charge in [0.1, 0.15) is 11.2 Å². The molecule has 2 aromatic heterocycles. The summed E-state index contributed by atoms with van der Waals surface area (Å²) < 4.78 is 5.56. The maximum absolute atomic E-state index is 5.56. The van der Waals surface area contributed by atoms with Crippen molar-refractivity contribution >= 4 is 11.2 Å². The van der Waals surface area contributed by atoms with Gasteiger partial charge in [0.05, 0.1) is 0 Å². The molecule has 2 bridgehead atoms. The van der Waals surface area contributed by atoms with Gasteiger partial charge in [0.15, 0.2) is 0 Å². The normalized spacial score (nSPS) is 12.8. The van der Waals surface area contributed by atoms with Crippen molar-refractivity contribution in [3.8, 4) is 0 Å². The third-order valence-corrected chi connectivity index (χ3v) is 3.39. The maximum atomic E-state index is 5.56. The zero-order valence-corrected chi connectivity index (χ0v) is 8.55. The summed E-state index contributed by atoms with van der Waals surface area (Å²) in [5.41, 5.74) is 3.76. The Hall–Kier alpha value is -0.980. The van der Waals surface area contributed by atoms with Gasteiger partial charge < -0.3 is 4.42 Å². The Kier molecular flexibility index (Phi) is 1.83. The van der Waals surface area contributed by atoms with E-state index in [0.717, 1.165) is 11.2 Å². The summed E-state index contributed by atoms with van der Waals surface area (Å²) in [4.78, 5) is 0. The van der Waals surface area contributed by atoms with Crippen LogP contribution in [0, 0.1) is 0 Å². The molecular formula is C12H16O. The van der Waals surface area contributed by atoms with Crippen molar-refractivity contribution in [2.75, 3.05) is 0 Å². The van der Waals surface area contributed by atoms with E-state index in [1.54, 1.807) is 0 Å². The number of fused-ring (bicyclic) bond motifs is 2. The molecule has 0 atom stereocenters. The average Bonchev–Trinajstić information content (AvgIpc) is 2.77. The molecule has 1 nitrogen and oxygen atoms in total. The van der Waals surface area contributed by atoms with Crippen LogP contribution in [0.5, 0.6) is 0 Å². The van der Waals surface area contributed by atoms with Crippen molar-refractivity contribution in [1.29, 1.82) is 0 Å². The second-order valence-corrected chi connectivity index (χ2v) is 4.03. The minimum atomic E-state index is 0.293. The van der Waals surface area contributed by atoms with E-state index in [9.17, 15) is 0 Å². The number of benzene rings is 1. The van der Waals surface area contributed by atoms with Crippen molar-refractivity contribution in [3.05, 3.63) is 23.8 Å². The van der Waals surface area contributed by atoms with Crippen molar-refractivity contribution in [3.63, 3.8) is 0 Å². The second-order valence-electron chi connectivity index (χ2n) is 4.03. The fourth-order valence-corrected chi connectivity index (χ4v) is 1.89. The number of furan rings is 2. The van der Waals surface area contributed by atoms with Gasteiger partial charge >= 0.3 is 0 Å². The molecule has 0 unspecified atom stereocenters. The van der Waals surface area contributed by atoms with E-state index >= 15 is 0 Å². The summed E-state index contributed by atoms with van der Waals surface area (Å²) in [6.45, 7) is 6.79. The Labute approximate surface area is 79.1 Å². The van der Waals surface area contributed by atoms with E-state index in [-0.39, 0.29) is 0 Å². The molecule has 0 aliphatic rings. The zero-order valence-electron chi connectivity index (χ0n) is 8.55. The van der Waals surface area contributed by atoms with Crippen LogP contribution in [0.3, 0.4) is 0 Å². The molecule has 70 valence electrons. The summed E-state index contributed by atoms with van der Waals surface area (Å²) in [6, 6.07) is 6.29. The molecule has 0 spiro atoms. The maximum Gasteiger partial charge on any atom is 0.131 e. The Balaban J connectivity index is 2.49. The van der Waals surface area contributed by atoms with Crippen LogP contribution in [0.4, 0.5) is 0 Å². The minimum absolute atomic E-state index is 0.293. The summed E-state index contributed by atoms with van der Waals surface area (Å²) in [5, 5.41) is 0. The van der Waals surface area contributed by atoms with Crippen molar-refractivity contribution in [2.45, 2.75) is 39.0 Å². The third-order valence-electron chi connectivity index (χ3n) is 3.39. The second kappa shape index (κ2) is 2.76. The monoisotopic (exact) mass is 176 g/mol. The van der Waals surface area contributed by atoms with E-state index in [2.05, 4.69) is 32.9 Å². The smallest absolute Gasteiger partial charge is 0.131 e. The zero-order chi connectivity index (χ0) is 9.47. The molecular weight excluding hydrogens is 160 g/mol. The van der Waals surface area contributed by atoms with Crippen LogP contribution in [0.1, 0.15) is 39.2 Å². The van der Waals surface area contributed by atoms with Crippen molar-refractivity contribution in [1.82, 2.24) is 0 Å².